The van der Waals surface area contributed by atoms with Gasteiger partial charge < -0.3 is 4.57 Å². The van der Waals surface area contributed by atoms with Gasteiger partial charge in [-0.05, 0) is 36.0 Å². The van der Waals surface area contributed by atoms with E-state index in [1.165, 1.54) is 41.7 Å². The van der Waals surface area contributed by atoms with Crippen molar-refractivity contribution in [3.05, 3.63) is 29.6 Å². The van der Waals surface area contributed by atoms with Crippen molar-refractivity contribution in [1.82, 2.24) is 9.55 Å². The van der Waals surface area contributed by atoms with Crippen LogP contribution in [0.15, 0.2) is 18.2 Å². The first kappa shape index (κ1) is 11.8. The predicted molar refractivity (Wildman–Crippen MR) is 76.0 cm³/mol. The summed E-state index contributed by atoms with van der Waals surface area (Å²) in [6.07, 6.45) is 5.05. The van der Waals surface area contributed by atoms with E-state index in [0.29, 0.717) is 0 Å². The Kier molecular flexibility index (Phi) is 2.69. The molecule has 0 saturated carbocycles. The summed E-state index contributed by atoms with van der Waals surface area (Å²) in [6, 6.07) is 6.80. The second kappa shape index (κ2) is 4.11. The van der Waals surface area contributed by atoms with Crippen LogP contribution >= 0.6 is 0 Å². The van der Waals surface area contributed by atoms with E-state index in [0.717, 1.165) is 13.0 Å². The van der Waals surface area contributed by atoms with Crippen LogP contribution in [0.4, 0.5) is 0 Å². The lowest BCUT2D eigenvalue weighted by molar-refractivity contribution is 0.591. The van der Waals surface area contributed by atoms with Gasteiger partial charge in [0, 0.05) is 13.0 Å². The zero-order chi connectivity index (χ0) is 12.8. The minimum atomic E-state index is 0.204. The maximum Gasteiger partial charge on any atom is 0.109 e. The molecule has 2 heterocycles. The molecule has 2 heteroatoms. The molecule has 3 rings (SSSR count). The first-order valence-corrected chi connectivity index (χ1v) is 7.05. The lowest BCUT2D eigenvalue weighted by atomic mass is 9.87. The summed E-state index contributed by atoms with van der Waals surface area (Å²) in [6.45, 7) is 7.92. The highest BCUT2D eigenvalue weighted by Gasteiger charge is 2.17. The van der Waals surface area contributed by atoms with Crippen molar-refractivity contribution < 1.29 is 0 Å². The summed E-state index contributed by atoms with van der Waals surface area (Å²) < 4.78 is 2.43. The molecule has 0 radical (unpaired) electrons. The number of hydrogen-bond acceptors (Lipinski definition) is 1. The molecule has 0 bridgehead atoms. The fourth-order valence-corrected chi connectivity index (χ4v) is 2.82. The van der Waals surface area contributed by atoms with Crippen LogP contribution in [-0.2, 0) is 18.4 Å². The molecule has 0 amide bonds. The van der Waals surface area contributed by atoms with Gasteiger partial charge in [-0.25, -0.2) is 4.98 Å². The van der Waals surface area contributed by atoms with Gasteiger partial charge in [0.15, 0.2) is 0 Å². The Morgan fingerprint density at radius 3 is 2.72 bits per heavy atom. The molecule has 0 N–H and O–H groups in total. The summed E-state index contributed by atoms with van der Waals surface area (Å²) >= 11 is 0. The van der Waals surface area contributed by atoms with E-state index in [4.69, 9.17) is 4.98 Å². The Morgan fingerprint density at radius 2 is 1.94 bits per heavy atom. The standard InChI is InChI=1S/C16H22N2/c1-16(2,3)12-8-9-14-13(11-12)17-15-7-5-4-6-10-18(14)15/h8-9,11H,4-7,10H2,1-3H3. The average molecular weight is 242 g/mol. The summed E-state index contributed by atoms with van der Waals surface area (Å²) in [5.41, 5.74) is 4.08. The number of benzene rings is 1. The van der Waals surface area contributed by atoms with E-state index in [1.807, 2.05) is 0 Å². The lowest BCUT2D eigenvalue weighted by Crippen LogP contribution is -2.10. The van der Waals surface area contributed by atoms with Gasteiger partial charge in [0.2, 0.25) is 0 Å². The Balaban J connectivity index is 2.14. The van der Waals surface area contributed by atoms with Crippen LogP contribution in [0.1, 0.15) is 51.4 Å². The van der Waals surface area contributed by atoms with Crippen LogP contribution in [0.3, 0.4) is 0 Å². The Hall–Kier alpha value is -1.31. The second-order valence-corrected chi connectivity index (χ2v) is 6.44. The predicted octanol–water partition coefficient (Wildman–Crippen LogP) is 4.06. The van der Waals surface area contributed by atoms with Crippen LogP contribution in [0.25, 0.3) is 11.0 Å². The summed E-state index contributed by atoms with van der Waals surface area (Å²) in [4.78, 5) is 4.85. The number of nitrogens with zero attached hydrogens (tertiary/aromatic N) is 2. The molecular weight excluding hydrogens is 220 g/mol. The second-order valence-electron chi connectivity index (χ2n) is 6.44. The van der Waals surface area contributed by atoms with Crippen molar-refractivity contribution in [1.29, 1.82) is 0 Å². The van der Waals surface area contributed by atoms with Crippen LogP contribution < -0.4 is 0 Å². The van der Waals surface area contributed by atoms with Gasteiger partial charge in [0.05, 0.1) is 11.0 Å². The Labute approximate surface area is 109 Å². The molecule has 2 aromatic rings. The molecule has 1 aliphatic heterocycles. The first-order chi connectivity index (χ1) is 8.55. The highest BCUT2D eigenvalue weighted by atomic mass is 15.1. The molecule has 96 valence electrons. The molecule has 1 aromatic heterocycles. The maximum atomic E-state index is 4.85. The molecule has 0 saturated heterocycles. The van der Waals surface area contributed by atoms with Gasteiger partial charge in [0.25, 0.3) is 0 Å². The summed E-state index contributed by atoms with van der Waals surface area (Å²) in [5.74, 6) is 1.29. The molecular formula is C16H22N2. The van der Waals surface area contributed by atoms with Gasteiger partial charge in [-0.2, -0.15) is 0 Å². The van der Waals surface area contributed by atoms with Crippen molar-refractivity contribution in [2.45, 2.75) is 58.4 Å². The quantitative estimate of drug-likeness (QED) is 0.681. The van der Waals surface area contributed by atoms with Crippen molar-refractivity contribution in [2.24, 2.45) is 0 Å². The molecule has 0 aliphatic carbocycles. The van der Waals surface area contributed by atoms with E-state index in [1.54, 1.807) is 0 Å². The SMILES string of the molecule is CC(C)(C)c1ccc2c(c1)nc1n2CCCCC1. The first-order valence-electron chi connectivity index (χ1n) is 7.05. The fourth-order valence-electron chi connectivity index (χ4n) is 2.82. The molecule has 0 spiro atoms. The number of aromatic nitrogens is 2. The third kappa shape index (κ3) is 1.94. The van der Waals surface area contributed by atoms with E-state index in [-0.39, 0.29) is 5.41 Å². The topological polar surface area (TPSA) is 17.8 Å². The third-order valence-electron chi connectivity index (χ3n) is 3.98. The van der Waals surface area contributed by atoms with Crippen molar-refractivity contribution in [3.63, 3.8) is 0 Å². The fraction of sp³-hybridized carbons (Fsp3) is 0.562. The largest absolute Gasteiger partial charge is 0.328 e. The molecule has 2 nitrogen and oxygen atoms in total. The number of fused-ring (bicyclic) bond motifs is 3. The van der Waals surface area contributed by atoms with Crippen LogP contribution in [-0.4, -0.2) is 9.55 Å². The number of imidazole rings is 1. The minimum absolute atomic E-state index is 0.204. The third-order valence-corrected chi connectivity index (χ3v) is 3.98. The highest BCUT2D eigenvalue weighted by Crippen LogP contribution is 2.28. The molecule has 0 fully saturated rings. The zero-order valence-electron chi connectivity index (χ0n) is 11.7. The number of hydrogen-bond donors (Lipinski definition) is 0. The molecule has 0 atom stereocenters. The van der Waals surface area contributed by atoms with Crippen molar-refractivity contribution >= 4 is 11.0 Å². The van der Waals surface area contributed by atoms with Gasteiger partial charge >= 0.3 is 0 Å². The summed E-state index contributed by atoms with van der Waals surface area (Å²) in [5, 5.41) is 0. The van der Waals surface area contributed by atoms with E-state index < -0.39 is 0 Å². The smallest absolute Gasteiger partial charge is 0.109 e. The van der Waals surface area contributed by atoms with Crippen molar-refractivity contribution in [3.8, 4) is 0 Å². The van der Waals surface area contributed by atoms with Gasteiger partial charge in [-0.1, -0.05) is 33.3 Å². The Bertz CT molecular complexity index is 573. The van der Waals surface area contributed by atoms with Crippen LogP contribution in [0.2, 0.25) is 0 Å². The lowest BCUT2D eigenvalue weighted by Gasteiger charge is -2.18. The van der Waals surface area contributed by atoms with Crippen LogP contribution in [0, 0.1) is 0 Å². The van der Waals surface area contributed by atoms with Gasteiger partial charge in [-0.3, -0.25) is 0 Å². The minimum Gasteiger partial charge on any atom is -0.328 e. The molecule has 1 aliphatic rings. The molecule has 0 unspecified atom stereocenters. The monoisotopic (exact) mass is 242 g/mol. The number of rotatable bonds is 0. The maximum absolute atomic E-state index is 4.85. The van der Waals surface area contributed by atoms with E-state index in [2.05, 4.69) is 43.5 Å². The normalized spacial score (nSPS) is 16.6. The van der Waals surface area contributed by atoms with Crippen LogP contribution in [0.5, 0.6) is 0 Å². The Morgan fingerprint density at radius 1 is 1.11 bits per heavy atom. The van der Waals surface area contributed by atoms with Gasteiger partial charge in [0.1, 0.15) is 5.82 Å². The van der Waals surface area contributed by atoms with Gasteiger partial charge in [-0.15, -0.1) is 0 Å². The van der Waals surface area contributed by atoms with E-state index in [9.17, 15) is 0 Å². The molecule has 1 aromatic carbocycles. The summed E-state index contributed by atoms with van der Waals surface area (Å²) in [7, 11) is 0. The van der Waals surface area contributed by atoms with E-state index >= 15 is 0 Å². The van der Waals surface area contributed by atoms with Crippen molar-refractivity contribution in [2.75, 3.05) is 0 Å². The number of aryl methyl sites for hydroxylation is 2. The average Bonchev–Trinajstić information content (AvgIpc) is 2.50. The highest BCUT2D eigenvalue weighted by molar-refractivity contribution is 5.77. The molecule has 18 heavy (non-hydrogen) atoms. The zero-order valence-corrected chi connectivity index (χ0v) is 11.7.